The Morgan fingerprint density at radius 2 is 2.00 bits per heavy atom. The second kappa shape index (κ2) is 5.29. The van der Waals surface area contributed by atoms with Gasteiger partial charge in [-0.25, -0.2) is 0 Å². The molecule has 0 aromatic carbocycles. The normalized spacial score (nSPS) is 11.5. The SMILES string of the molecule is C=CCOC(CC)(CO)CO. The largest absolute Gasteiger partial charge is 0.393 e. The molecular formula is C8H16O3. The summed E-state index contributed by atoms with van der Waals surface area (Å²) in [5.74, 6) is 0. The summed E-state index contributed by atoms with van der Waals surface area (Å²) in [6.45, 7) is 5.37. The van der Waals surface area contributed by atoms with Gasteiger partial charge in [0.15, 0.2) is 0 Å². The summed E-state index contributed by atoms with van der Waals surface area (Å²) < 4.78 is 5.21. The molecule has 0 aromatic heterocycles. The molecule has 0 fully saturated rings. The highest BCUT2D eigenvalue weighted by molar-refractivity contribution is 4.79. The number of aliphatic hydroxyl groups is 2. The van der Waals surface area contributed by atoms with Gasteiger partial charge in [0.1, 0.15) is 5.60 Å². The summed E-state index contributed by atoms with van der Waals surface area (Å²) >= 11 is 0. The highest BCUT2D eigenvalue weighted by atomic mass is 16.5. The van der Waals surface area contributed by atoms with Crippen LogP contribution < -0.4 is 0 Å². The van der Waals surface area contributed by atoms with Gasteiger partial charge in [0.05, 0.1) is 19.8 Å². The summed E-state index contributed by atoms with van der Waals surface area (Å²) in [5.41, 5.74) is -0.784. The Morgan fingerprint density at radius 3 is 2.27 bits per heavy atom. The molecule has 0 aromatic rings. The molecule has 0 spiro atoms. The summed E-state index contributed by atoms with van der Waals surface area (Å²) in [6.07, 6.45) is 2.18. The van der Waals surface area contributed by atoms with Crippen molar-refractivity contribution < 1.29 is 14.9 Å². The number of aliphatic hydroxyl groups excluding tert-OH is 2. The van der Waals surface area contributed by atoms with Crippen LogP contribution in [0.25, 0.3) is 0 Å². The Morgan fingerprint density at radius 1 is 1.45 bits per heavy atom. The predicted molar refractivity (Wildman–Crippen MR) is 43.3 cm³/mol. The van der Waals surface area contributed by atoms with E-state index in [0.29, 0.717) is 13.0 Å². The first-order valence-corrected chi connectivity index (χ1v) is 3.71. The summed E-state index contributed by atoms with van der Waals surface area (Å²) in [4.78, 5) is 0. The van der Waals surface area contributed by atoms with Crippen molar-refractivity contribution in [3.8, 4) is 0 Å². The maximum atomic E-state index is 8.88. The van der Waals surface area contributed by atoms with Gasteiger partial charge in [-0.05, 0) is 6.42 Å². The van der Waals surface area contributed by atoms with E-state index in [1.54, 1.807) is 6.08 Å². The molecule has 0 saturated heterocycles. The van der Waals surface area contributed by atoms with Crippen molar-refractivity contribution in [1.29, 1.82) is 0 Å². The maximum absolute atomic E-state index is 8.88. The minimum Gasteiger partial charge on any atom is -0.393 e. The minimum absolute atomic E-state index is 0.159. The van der Waals surface area contributed by atoms with E-state index in [0.717, 1.165) is 0 Å². The van der Waals surface area contributed by atoms with Crippen LogP contribution >= 0.6 is 0 Å². The molecule has 0 heterocycles. The Kier molecular flexibility index (Phi) is 5.11. The monoisotopic (exact) mass is 160 g/mol. The first kappa shape index (κ1) is 10.6. The van der Waals surface area contributed by atoms with Crippen molar-refractivity contribution in [3.63, 3.8) is 0 Å². The van der Waals surface area contributed by atoms with Crippen molar-refractivity contribution >= 4 is 0 Å². The zero-order chi connectivity index (χ0) is 8.74. The van der Waals surface area contributed by atoms with Gasteiger partial charge in [-0.15, -0.1) is 6.58 Å². The summed E-state index contributed by atoms with van der Waals surface area (Å²) in [7, 11) is 0. The van der Waals surface area contributed by atoms with E-state index in [9.17, 15) is 0 Å². The van der Waals surface area contributed by atoms with E-state index in [2.05, 4.69) is 6.58 Å². The average molecular weight is 160 g/mol. The van der Waals surface area contributed by atoms with E-state index < -0.39 is 5.60 Å². The van der Waals surface area contributed by atoms with Gasteiger partial charge in [-0.2, -0.15) is 0 Å². The van der Waals surface area contributed by atoms with Crippen LogP contribution in [0.15, 0.2) is 12.7 Å². The van der Waals surface area contributed by atoms with Crippen LogP contribution in [-0.4, -0.2) is 35.6 Å². The standard InChI is InChI=1S/C8H16O3/c1-3-5-11-8(4-2,6-9)7-10/h3,9-10H,1,4-7H2,2H3. The summed E-state index contributed by atoms with van der Waals surface area (Å²) in [6, 6.07) is 0. The smallest absolute Gasteiger partial charge is 0.114 e. The lowest BCUT2D eigenvalue weighted by Gasteiger charge is -2.27. The van der Waals surface area contributed by atoms with E-state index in [1.165, 1.54) is 0 Å². The first-order chi connectivity index (χ1) is 5.24. The molecule has 0 saturated carbocycles. The van der Waals surface area contributed by atoms with E-state index in [4.69, 9.17) is 14.9 Å². The summed E-state index contributed by atoms with van der Waals surface area (Å²) in [5, 5.41) is 17.8. The van der Waals surface area contributed by atoms with Gasteiger partial charge in [0, 0.05) is 0 Å². The van der Waals surface area contributed by atoms with Crippen molar-refractivity contribution in [2.45, 2.75) is 18.9 Å². The van der Waals surface area contributed by atoms with E-state index in [-0.39, 0.29) is 13.2 Å². The van der Waals surface area contributed by atoms with Crippen molar-refractivity contribution in [2.75, 3.05) is 19.8 Å². The van der Waals surface area contributed by atoms with Crippen LogP contribution in [0.5, 0.6) is 0 Å². The highest BCUT2D eigenvalue weighted by Gasteiger charge is 2.26. The van der Waals surface area contributed by atoms with Crippen molar-refractivity contribution in [2.24, 2.45) is 0 Å². The molecule has 11 heavy (non-hydrogen) atoms. The van der Waals surface area contributed by atoms with Crippen molar-refractivity contribution in [1.82, 2.24) is 0 Å². The van der Waals surface area contributed by atoms with Gasteiger partial charge >= 0.3 is 0 Å². The third-order valence-corrected chi connectivity index (χ3v) is 1.73. The lowest BCUT2D eigenvalue weighted by atomic mass is 10.0. The zero-order valence-corrected chi connectivity index (χ0v) is 6.92. The molecule has 0 rings (SSSR count). The molecule has 0 radical (unpaired) electrons. The highest BCUT2D eigenvalue weighted by Crippen LogP contribution is 2.13. The molecule has 0 bridgehead atoms. The van der Waals surface area contributed by atoms with Crippen LogP contribution in [0.4, 0.5) is 0 Å². The van der Waals surface area contributed by atoms with Gasteiger partial charge in [-0.1, -0.05) is 13.0 Å². The van der Waals surface area contributed by atoms with Gasteiger partial charge in [0.25, 0.3) is 0 Å². The lowest BCUT2D eigenvalue weighted by molar-refractivity contribution is -0.101. The average Bonchev–Trinajstić information content (AvgIpc) is 2.08. The van der Waals surface area contributed by atoms with Crippen LogP contribution in [0.1, 0.15) is 13.3 Å². The Balaban J connectivity index is 3.93. The number of ether oxygens (including phenoxy) is 1. The third kappa shape index (κ3) is 3.01. The van der Waals surface area contributed by atoms with Crippen LogP contribution in [0.2, 0.25) is 0 Å². The topological polar surface area (TPSA) is 49.7 Å². The second-order valence-electron chi connectivity index (χ2n) is 2.45. The lowest BCUT2D eigenvalue weighted by Crippen LogP contribution is -2.40. The van der Waals surface area contributed by atoms with Crippen molar-refractivity contribution in [3.05, 3.63) is 12.7 Å². The zero-order valence-electron chi connectivity index (χ0n) is 6.92. The Labute approximate surface area is 67.3 Å². The molecule has 0 unspecified atom stereocenters. The molecule has 0 aliphatic heterocycles. The molecular weight excluding hydrogens is 144 g/mol. The Hall–Kier alpha value is -0.380. The van der Waals surface area contributed by atoms with E-state index in [1.807, 2.05) is 6.92 Å². The third-order valence-electron chi connectivity index (χ3n) is 1.73. The Bertz CT molecular complexity index is 99.6. The van der Waals surface area contributed by atoms with E-state index >= 15 is 0 Å². The fourth-order valence-electron chi connectivity index (χ4n) is 0.703. The number of hydrogen-bond acceptors (Lipinski definition) is 3. The molecule has 0 amide bonds. The fraction of sp³-hybridized carbons (Fsp3) is 0.750. The maximum Gasteiger partial charge on any atom is 0.114 e. The van der Waals surface area contributed by atoms with Crippen LogP contribution in [0, 0.1) is 0 Å². The fourth-order valence-corrected chi connectivity index (χ4v) is 0.703. The molecule has 3 nitrogen and oxygen atoms in total. The van der Waals surface area contributed by atoms with Crippen LogP contribution in [0.3, 0.4) is 0 Å². The van der Waals surface area contributed by atoms with Gasteiger partial charge < -0.3 is 14.9 Å². The predicted octanol–water partition coefficient (Wildman–Crippen LogP) is 0.322. The molecule has 0 aliphatic rings. The van der Waals surface area contributed by atoms with Gasteiger partial charge in [-0.3, -0.25) is 0 Å². The van der Waals surface area contributed by atoms with Gasteiger partial charge in [0.2, 0.25) is 0 Å². The molecule has 0 atom stereocenters. The molecule has 66 valence electrons. The molecule has 3 heteroatoms. The first-order valence-electron chi connectivity index (χ1n) is 3.71. The quantitative estimate of drug-likeness (QED) is 0.550. The van der Waals surface area contributed by atoms with Crippen LogP contribution in [-0.2, 0) is 4.74 Å². The number of hydrogen-bond donors (Lipinski definition) is 2. The molecule has 0 aliphatic carbocycles. The minimum atomic E-state index is -0.784. The molecule has 2 N–H and O–H groups in total. The number of rotatable bonds is 6. The second-order valence-corrected chi connectivity index (χ2v) is 2.45.